The van der Waals surface area contributed by atoms with Crippen LogP contribution in [0.15, 0.2) is 18.2 Å². The third-order valence-electron chi connectivity index (χ3n) is 5.45. The van der Waals surface area contributed by atoms with E-state index in [1.54, 1.807) is 9.80 Å². The predicted molar refractivity (Wildman–Crippen MR) is 102 cm³/mol. The number of carbonyl (C=O) groups excluding carboxylic acids is 2. The lowest BCUT2D eigenvalue weighted by Crippen LogP contribution is -2.64. The highest BCUT2D eigenvalue weighted by molar-refractivity contribution is 6.31. The average Bonchev–Trinajstić information content (AvgIpc) is 2.66. The van der Waals surface area contributed by atoms with Crippen molar-refractivity contribution in [2.45, 2.75) is 24.7 Å². The molecule has 3 heterocycles. The molecule has 1 N–H and O–H groups in total. The third-order valence-corrected chi connectivity index (χ3v) is 5.77. The van der Waals surface area contributed by atoms with E-state index in [1.807, 2.05) is 0 Å². The largest absolute Gasteiger partial charge is 0.416 e. The van der Waals surface area contributed by atoms with Crippen molar-refractivity contribution in [3.8, 4) is 11.8 Å². The van der Waals surface area contributed by atoms with Crippen LogP contribution < -0.4 is 5.32 Å². The second-order valence-corrected chi connectivity index (χ2v) is 8.01. The molecular weight excluding hydrogens is 423 g/mol. The first-order chi connectivity index (χ1) is 14.2. The Hall–Kier alpha value is -2.44. The minimum absolute atomic E-state index is 0.0517. The molecule has 3 amide bonds. The maximum absolute atomic E-state index is 12.7. The lowest BCUT2D eigenvalue weighted by Gasteiger charge is -2.45. The van der Waals surface area contributed by atoms with Crippen molar-refractivity contribution in [1.29, 1.82) is 0 Å². The van der Waals surface area contributed by atoms with Crippen LogP contribution >= 0.6 is 11.6 Å². The molecule has 1 aromatic carbocycles. The van der Waals surface area contributed by atoms with Crippen molar-refractivity contribution < 1.29 is 27.5 Å². The summed E-state index contributed by atoms with van der Waals surface area (Å²) in [5.41, 5.74) is -0.494. The van der Waals surface area contributed by atoms with E-state index >= 15 is 0 Å². The molecule has 3 fully saturated rings. The molecule has 4 rings (SSSR count). The van der Waals surface area contributed by atoms with Gasteiger partial charge in [0.2, 0.25) is 5.91 Å². The molecule has 0 aromatic heterocycles. The van der Waals surface area contributed by atoms with Gasteiger partial charge in [0.15, 0.2) is 0 Å². The summed E-state index contributed by atoms with van der Waals surface area (Å²) in [5.74, 6) is 5.54. The maximum atomic E-state index is 12.7. The Morgan fingerprint density at radius 2 is 2.00 bits per heavy atom. The number of piperidine rings is 1. The summed E-state index contributed by atoms with van der Waals surface area (Å²) in [6, 6.07) is 2.76. The molecule has 1 unspecified atom stereocenters. The van der Waals surface area contributed by atoms with Crippen LogP contribution in [0.2, 0.25) is 5.02 Å². The minimum atomic E-state index is -4.45. The van der Waals surface area contributed by atoms with Crippen LogP contribution in [0, 0.1) is 17.8 Å². The van der Waals surface area contributed by atoms with E-state index in [0.29, 0.717) is 38.2 Å². The number of morpholine rings is 1. The second kappa shape index (κ2) is 8.00. The zero-order chi connectivity index (χ0) is 21.5. The van der Waals surface area contributed by atoms with Gasteiger partial charge in [-0.25, -0.2) is 4.79 Å². The lowest BCUT2D eigenvalue weighted by atomic mass is 9.98. The molecule has 6 nitrogen and oxygen atoms in total. The molecule has 0 radical (unpaired) electrons. The zero-order valence-electron chi connectivity index (χ0n) is 15.8. The molecule has 160 valence electrons. The number of likely N-dealkylation sites (tertiary alicyclic amines) is 2. The molecule has 0 bridgehead atoms. The average molecular weight is 442 g/mol. The normalized spacial score (nSPS) is 24.3. The molecule has 1 aromatic rings. The minimum Gasteiger partial charge on any atom is -0.366 e. The van der Waals surface area contributed by atoms with Gasteiger partial charge in [-0.2, -0.15) is 13.2 Å². The fourth-order valence-corrected chi connectivity index (χ4v) is 4.00. The molecule has 0 spiro atoms. The summed E-state index contributed by atoms with van der Waals surface area (Å²) >= 11 is 5.91. The number of halogens is 4. The third kappa shape index (κ3) is 4.35. The molecule has 0 aliphatic carbocycles. The quantitative estimate of drug-likeness (QED) is 0.629. The topological polar surface area (TPSA) is 61.9 Å². The molecular formula is C20H19ClF3N3O3. The van der Waals surface area contributed by atoms with Crippen molar-refractivity contribution in [3.63, 3.8) is 0 Å². The summed E-state index contributed by atoms with van der Waals surface area (Å²) in [5, 5.41) is 2.81. The van der Waals surface area contributed by atoms with Crippen molar-refractivity contribution in [1.82, 2.24) is 15.1 Å². The van der Waals surface area contributed by atoms with Crippen molar-refractivity contribution >= 4 is 23.5 Å². The lowest BCUT2D eigenvalue weighted by molar-refractivity contribution is -0.140. The predicted octanol–water partition coefficient (Wildman–Crippen LogP) is 2.35. The van der Waals surface area contributed by atoms with Crippen molar-refractivity contribution in [2.24, 2.45) is 5.92 Å². The van der Waals surface area contributed by atoms with Gasteiger partial charge in [0, 0.05) is 31.7 Å². The molecule has 3 saturated heterocycles. The number of hydrogen-bond acceptors (Lipinski definition) is 3. The first kappa shape index (κ1) is 20.8. The van der Waals surface area contributed by atoms with Crippen molar-refractivity contribution in [2.75, 3.05) is 32.8 Å². The van der Waals surface area contributed by atoms with Gasteiger partial charge in [-0.05, 0) is 24.6 Å². The Morgan fingerprint density at radius 3 is 2.70 bits per heavy atom. The van der Waals surface area contributed by atoms with Crippen LogP contribution in [0.1, 0.15) is 17.5 Å². The van der Waals surface area contributed by atoms with Gasteiger partial charge >= 0.3 is 12.2 Å². The van der Waals surface area contributed by atoms with Gasteiger partial charge in [0.05, 0.1) is 28.6 Å². The standard InChI is InChI=1S/C20H19ClF3N3O3/c21-15-7-14(20(22,23)24)4-3-13(15)2-1-12-8-27(9-12)19(29)26-6-5-17-16(10-26)25-18(28)11-30-17/h3-4,7,12,16-17H,5-6,8-11H2,(H,25,28)/t16-,17?/m1/s1. The molecule has 10 heteroatoms. The van der Waals surface area contributed by atoms with Gasteiger partial charge < -0.3 is 19.9 Å². The zero-order valence-corrected chi connectivity index (χ0v) is 16.6. The second-order valence-electron chi connectivity index (χ2n) is 7.60. The smallest absolute Gasteiger partial charge is 0.366 e. The van der Waals surface area contributed by atoms with Gasteiger partial charge in [0.25, 0.3) is 0 Å². The van der Waals surface area contributed by atoms with E-state index in [-0.39, 0.29) is 41.6 Å². The van der Waals surface area contributed by atoms with E-state index < -0.39 is 11.7 Å². The number of alkyl halides is 3. The highest BCUT2D eigenvalue weighted by Gasteiger charge is 2.39. The first-order valence-corrected chi connectivity index (χ1v) is 9.91. The van der Waals surface area contributed by atoms with Crippen LogP contribution in [0.5, 0.6) is 0 Å². The van der Waals surface area contributed by atoms with E-state index in [9.17, 15) is 22.8 Å². The van der Waals surface area contributed by atoms with E-state index in [2.05, 4.69) is 17.2 Å². The summed E-state index contributed by atoms with van der Waals surface area (Å²) in [4.78, 5) is 27.5. The Bertz CT molecular complexity index is 921. The maximum Gasteiger partial charge on any atom is 0.416 e. The van der Waals surface area contributed by atoms with Gasteiger partial charge in [-0.3, -0.25) is 4.79 Å². The van der Waals surface area contributed by atoms with Gasteiger partial charge in [-0.15, -0.1) is 0 Å². The summed E-state index contributed by atoms with van der Waals surface area (Å²) < 4.78 is 43.6. The van der Waals surface area contributed by atoms with Gasteiger partial charge in [0.1, 0.15) is 6.61 Å². The first-order valence-electron chi connectivity index (χ1n) is 9.54. The molecule has 30 heavy (non-hydrogen) atoms. The highest BCUT2D eigenvalue weighted by atomic mass is 35.5. The molecule has 3 aliphatic heterocycles. The fourth-order valence-electron chi connectivity index (χ4n) is 3.77. The number of ether oxygens (including phenoxy) is 1. The number of benzene rings is 1. The SMILES string of the molecule is O=C1COC2CCN(C(=O)N3CC(C#Cc4ccc(C(F)(F)F)cc4Cl)C3)C[C@H]2N1. The Labute approximate surface area is 176 Å². The summed E-state index contributed by atoms with van der Waals surface area (Å²) in [6.45, 7) is 1.91. The van der Waals surface area contributed by atoms with Crippen LogP contribution in [0.3, 0.4) is 0 Å². The Balaban J connectivity index is 1.31. The number of nitrogens with one attached hydrogen (secondary N) is 1. The number of fused-ring (bicyclic) bond motifs is 1. The molecule has 2 atom stereocenters. The van der Waals surface area contributed by atoms with Crippen LogP contribution in [0.4, 0.5) is 18.0 Å². The molecule has 3 aliphatic rings. The number of amides is 3. The van der Waals surface area contributed by atoms with Crippen LogP contribution in [-0.4, -0.2) is 66.7 Å². The number of rotatable bonds is 0. The van der Waals surface area contributed by atoms with E-state index in [1.165, 1.54) is 6.07 Å². The number of carbonyl (C=O) groups is 2. The molecule has 0 saturated carbocycles. The Morgan fingerprint density at radius 1 is 1.23 bits per heavy atom. The van der Waals surface area contributed by atoms with E-state index in [4.69, 9.17) is 16.3 Å². The summed E-state index contributed by atoms with van der Waals surface area (Å²) in [7, 11) is 0. The highest BCUT2D eigenvalue weighted by Crippen LogP contribution is 2.32. The number of nitrogens with zero attached hydrogens (tertiary/aromatic N) is 2. The van der Waals surface area contributed by atoms with Crippen LogP contribution in [0.25, 0.3) is 0 Å². The fraction of sp³-hybridized carbons (Fsp3) is 0.500. The van der Waals surface area contributed by atoms with Gasteiger partial charge in [-0.1, -0.05) is 23.4 Å². The number of urea groups is 1. The van der Waals surface area contributed by atoms with Crippen LogP contribution in [-0.2, 0) is 15.7 Å². The number of hydrogen-bond donors (Lipinski definition) is 1. The van der Waals surface area contributed by atoms with E-state index in [0.717, 1.165) is 12.1 Å². The monoisotopic (exact) mass is 441 g/mol. The summed E-state index contributed by atoms with van der Waals surface area (Å²) in [6.07, 6.45) is -3.85. The Kier molecular flexibility index (Phi) is 5.55. The van der Waals surface area contributed by atoms with Crippen molar-refractivity contribution in [3.05, 3.63) is 34.3 Å².